The summed E-state index contributed by atoms with van der Waals surface area (Å²) in [6, 6.07) is 7.05. The largest absolute Gasteiger partial charge is 0.339 e. The smallest absolute Gasteiger partial charge is 0.228 e. The lowest BCUT2D eigenvalue weighted by atomic mass is 10.1. The minimum atomic E-state index is -1.78. The summed E-state index contributed by atoms with van der Waals surface area (Å²) >= 11 is 28.9. The van der Waals surface area contributed by atoms with Gasteiger partial charge in [-0.2, -0.15) is 0 Å². The fraction of sp³-hybridized carbons (Fsp3) is 0.429. The fourth-order valence-electron chi connectivity index (χ4n) is 1.64. The molecule has 0 bridgehead atoms. The number of carbonyl (C=O) groups is 1. The molecule has 1 aromatic carbocycles. The van der Waals surface area contributed by atoms with E-state index in [0.29, 0.717) is 17.1 Å². The number of para-hydroxylation sites is 1. The Balaban J connectivity index is 2.72. The molecule has 128 valence electrons. The average Bonchev–Trinajstić information content (AvgIpc) is 2.38. The van der Waals surface area contributed by atoms with Gasteiger partial charge < -0.3 is 16.0 Å². The molecule has 0 aliphatic carbocycles. The highest BCUT2D eigenvalue weighted by Crippen LogP contribution is 2.29. The van der Waals surface area contributed by atoms with Crippen LogP contribution in [-0.4, -0.2) is 21.0 Å². The second kappa shape index (κ2) is 9.14. The summed E-state index contributed by atoms with van der Waals surface area (Å²) in [6.07, 6.45) is -0.676. The number of rotatable bonds is 5. The van der Waals surface area contributed by atoms with Gasteiger partial charge >= 0.3 is 0 Å². The Morgan fingerprint density at radius 1 is 1.22 bits per heavy atom. The Labute approximate surface area is 161 Å². The minimum Gasteiger partial charge on any atom is -0.339 e. The van der Waals surface area contributed by atoms with E-state index in [9.17, 15) is 4.79 Å². The highest BCUT2D eigenvalue weighted by Gasteiger charge is 2.34. The number of alkyl halides is 3. The normalized spacial score (nSPS) is 12.7. The Bertz CT molecular complexity index is 563. The summed E-state index contributed by atoms with van der Waals surface area (Å²) in [5.41, 5.74) is 0.600. The zero-order valence-corrected chi connectivity index (χ0v) is 16.3. The summed E-state index contributed by atoms with van der Waals surface area (Å²) < 4.78 is -1.78. The quantitative estimate of drug-likeness (QED) is 0.376. The Morgan fingerprint density at radius 2 is 1.83 bits per heavy atom. The van der Waals surface area contributed by atoms with Gasteiger partial charge in [0.2, 0.25) is 9.70 Å². The van der Waals surface area contributed by atoms with E-state index in [-0.39, 0.29) is 16.9 Å². The van der Waals surface area contributed by atoms with Crippen LogP contribution in [0.3, 0.4) is 0 Å². The van der Waals surface area contributed by atoms with Crippen LogP contribution < -0.4 is 16.0 Å². The number of hydrogen-bond acceptors (Lipinski definition) is 2. The summed E-state index contributed by atoms with van der Waals surface area (Å²) in [5.74, 6) is -0.0661. The van der Waals surface area contributed by atoms with Crippen molar-refractivity contribution in [2.75, 3.05) is 5.32 Å². The van der Waals surface area contributed by atoms with Crippen molar-refractivity contribution in [2.45, 2.75) is 30.2 Å². The number of hydrogen-bond donors (Lipinski definition) is 3. The molecule has 1 atom stereocenters. The van der Waals surface area contributed by atoms with E-state index >= 15 is 0 Å². The number of anilines is 1. The first-order valence-electron chi connectivity index (χ1n) is 6.77. The summed E-state index contributed by atoms with van der Waals surface area (Å²) in [5, 5.41) is 8.93. The Kier molecular flexibility index (Phi) is 8.18. The van der Waals surface area contributed by atoms with Crippen LogP contribution in [0, 0.1) is 5.92 Å². The molecule has 0 saturated carbocycles. The zero-order valence-electron chi connectivity index (χ0n) is 12.5. The molecule has 0 radical (unpaired) electrons. The lowest BCUT2D eigenvalue weighted by molar-refractivity contribution is -0.122. The van der Waals surface area contributed by atoms with Gasteiger partial charge in [-0.3, -0.25) is 4.79 Å². The first-order chi connectivity index (χ1) is 10.6. The van der Waals surface area contributed by atoms with Gasteiger partial charge in [0.05, 0.1) is 10.7 Å². The molecule has 1 amide bonds. The summed E-state index contributed by atoms with van der Waals surface area (Å²) in [6.45, 7) is 3.84. The van der Waals surface area contributed by atoms with E-state index in [1.165, 1.54) is 0 Å². The van der Waals surface area contributed by atoms with Crippen molar-refractivity contribution < 1.29 is 4.79 Å². The molecule has 0 unspecified atom stereocenters. The van der Waals surface area contributed by atoms with Crippen molar-refractivity contribution in [2.24, 2.45) is 5.92 Å². The predicted molar refractivity (Wildman–Crippen MR) is 102 cm³/mol. The highest BCUT2D eigenvalue weighted by atomic mass is 35.6. The van der Waals surface area contributed by atoms with E-state index in [2.05, 4.69) is 16.0 Å². The zero-order chi connectivity index (χ0) is 17.6. The lowest BCUT2D eigenvalue weighted by Crippen LogP contribution is -2.56. The highest BCUT2D eigenvalue weighted by molar-refractivity contribution is 7.80. The molecule has 0 aromatic heterocycles. The molecule has 3 N–H and O–H groups in total. The van der Waals surface area contributed by atoms with Crippen LogP contribution in [0.4, 0.5) is 5.69 Å². The minimum absolute atomic E-state index is 0.166. The van der Waals surface area contributed by atoms with Gasteiger partial charge in [-0.05, 0) is 30.3 Å². The molecular formula is C14H17Cl4N3OS. The Hall–Kier alpha value is -0.460. The SMILES string of the molecule is CC(C)CC(=O)N[C@@H](NC(=S)Nc1ccccc1Cl)C(Cl)(Cl)Cl. The summed E-state index contributed by atoms with van der Waals surface area (Å²) in [7, 11) is 0. The van der Waals surface area contributed by atoms with E-state index in [4.69, 9.17) is 58.6 Å². The van der Waals surface area contributed by atoms with Gasteiger partial charge in [0.1, 0.15) is 6.17 Å². The number of halogens is 4. The van der Waals surface area contributed by atoms with Crippen LogP contribution in [0.15, 0.2) is 24.3 Å². The molecule has 0 saturated heterocycles. The molecular weight excluding hydrogens is 400 g/mol. The molecule has 0 spiro atoms. The molecule has 0 heterocycles. The lowest BCUT2D eigenvalue weighted by Gasteiger charge is -2.28. The van der Waals surface area contributed by atoms with Crippen LogP contribution in [0.1, 0.15) is 20.3 Å². The van der Waals surface area contributed by atoms with Crippen LogP contribution >= 0.6 is 58.6 Å². The van der Waals surface area contributed by atoms with Gasteiger partial charge in [0, 0.05) is 6.42 Å². The maximum Gasteiger partial charge on any atom is 0.228 e. The molecule has 1 rings (SSSR count). The number of benzene rings is 1. The van der Waals surface area contributed by atoms with Crippen molar-refractivity contribution in [3.05, 3.63) is 29.3 Å². The standard InChI is InChI=1S/C14H17Cl4N3OS/c1-8(2)7-11(22)20-12(14(16,17)18)21-13(23)19-10-6-4-3-5-9(10)15/h3-6,8,12H,7H2,1-2H3,(H,20,22)(H2,19,21,23)/t12-/m0/s1. The third-order valence-corrected chi connectivity index (χ3v) is 3.83. The van der Waals surface area contributed by atoms with Crippen LogP contribution in [0.2, 0.25) is 5.02 Å². The Morgan fingerprint density at radius 3 is 2.35 bits per heavy atom. The summed E-state index contributed by atoms with van der Waals surface area (Å²) in [4.78, 5) is 11.9. The number of carbonyl (C=O) groups excluding carboxylic acids is 1. The molecule has 0 aliphatic heterocycles. The van der Waals surface area contributed by atoms with Crippen molar-refractivity contribution in [3.8, 4) is 0 Å². The van der Waals surface area contributed by atoms with Gasteiger partial charge in [-0.15, -0.1) is 0 Å². The van der Waals surface area contributed by atoms with E-state index < -0.39 is 9.96 Å². The number of amides is 1. The second-order valence-corrected chi connectivity index (χ2v) is 8.40. The van der Waals surface area contributed by atoms with Crippen molar-refractivity contribution in [1.82, 2.24) is 10.6 Å². The van der Waals surface area contributed by atoms with Gasteiger partial charge in [0.15, 0.2) is 5.11 Å². The van der Waals surface area contributed by atoms with Gasteiger partial charge in [-0.1, -0.05) is 72.4 Å². The van der Waals surface area contributed by atoms with Gasteiger partial charge in [0.25, 0.3) is 0 Å². The third kappa shape index (κ3) is 7.77. The van der Waals surface area contributed by atoms with E-state index in [1.807, 2.05) is 13.8 Å². The van der Waals surface area contributed by atoms with E-state index in [1.54, 1.807) is 24.3 Å². The number of nitrogens with one attached hydrogen (secondary N) is 3. The molecule has 0 aliphatic rings. The maximum atomic E-state index is 11.9. The topological polar surface area (TPSA) is 53.2 Å². The third-order valence-electron chi connectivity index (χ3n) is 2.62. The molecule has 0 fully saturated rings. The first-order valence-corrected chi connectivity index (χ1v) is 8.69. The predicted octanol–water partition coefficient (Wildman–Crippen LogP) is 4.49. The van der Waals surface area contributed by atoms with Crippen LogP contribution in [0.25, 0.3) is 0 Å². The van der Waals surface area contributed by atoms with Gasteiger partial charge in [-0.25, -0.2) is 0 Å². The van der Waals surface area contributed by atoms with Crippen molar-refractivity contribution in [1.29, 1.82) is 0 Å². The fourth-order valence-corrected chi connectivity index (χ4v) is 2.38. The second-order valence-electron chi connectivity index (χ2n) is 5.22. The molecule has 9 heteroatoms. The monoisotopic (exact) mass is 415 g/mol. The first kappa shape index (κ1) is 20.6. The van der Waals surface area contributed by atoms with Crippen molar-refractivity contribution >= 4 is 75.3 Å². The maximum absolute atomic E-state index is 11.9. The van der Waals surface area contributed by atoms with E-state index in [0.717, 1.165) is 0 Å². The van der Waals surface area contributed by atoms with Crippen molar-refractivity contribution in [3.63, 3.8) is 0 Å². The molecule has 23 heavy (non-hydrogen) atoms. The van der Waals surface area contributed by atoms with Crippen LogP contribution in [-0.2, 0) is 4.79 Å². The number of thiocarbonyl (C=S) groups is 1. The van der Waals surface area contributed by atoms with Crippen LogP contribution in [0.5, 0.6) is 0 Å². The molecule has 1 aromatic rings. The molecule has 4 nitrogen and oxygen atoms in total. The average molecular weight is 417 g/mol.